The summed E-state index contributed by atoms with van der Waals surface area (Å²) in [5.74, 6) is 0.302. The molecule has 4 heterocycles. The van der Waals surface area contributed by atoms with E-state index in [2.05, 4.69) is 63.6 Å². The minimum Gasteiger partial charge on any atom is -0.333 e. The molecule has 3 aromatic rings. The molecule has 2 aliphatic heterocycles. The van der Waals surface area contributed by atoms with E-state index in [0.717, 1.165) is 42.0 Å². The molecule has 1 unspecified atom stereocenters. The minimum absolute atomic E-state index is 0.00457. The van der Waals surface area contributed by atoms with Gasteiger partial charge in [-0.15, -0.1) is 0 Å². The number of rotatable bonds is 3. The average Bonchev–Trinajstić information content (AvgIpc) is 3.37. The number of urea groups is 1. The summed E-state index contributed by atoms with van der Waals surface area (Å²) in [5, 5.41) is 11.0. The van der Waals surface area contributed by atoms with E-state index in [4.69, 9.17) is 0 Å². The van der Waals surface area contributed by atoms with Crippen molar-refractivity contribution in [1.29, 1.82) is 0 Å². The molecule has 2 aromatic heterocycles. The lowest BCUT2D eigenvalue weighted by atomic mass is 9.93. The molecule has 1 saturated heterocycles. The van der Waals surface area contributed by atoms with Gasteiger partial charge in [-0.2, -0.15) is 5.10 Å². The Kier molecular flexibility index (Phi) is 5.19. The van der Waals surface area contributed by atoms with Crippen molar-refractivity contribution in [3.8, 4) is 11.3 Å². The number of pyridine rings is 1. The third-order valence-corrected chi connectivity index (χ3v) is 6.49. The second-order valence-electron chi connectivity index (χ2n) is 8.73. The Morgan fingerprint density at radius 3 is 2.68 bits per heavy atom. The molecule has 7 nitrogen and oxygen atoms in total. The summed E-state index contributed by atoms with van der Waals surface area (Å²) in [6.07, 6.45) is 4.32. The normalized spacial score (nSPS) is 21.2. The van der Waals surface area contributed by atoms with E-state index in [0.29, 0.717) is 19.0 Å². The number of benzene rings is 1. The van der Waals surface area contributed by atoms with Crippen molar-refractivity contribution in [2.45, 2.75) is 31.8 Å². The summed E-state index contributed by atoms with van der Waals surface area (Å²) in [5.41, 5.74) is 6.70. The van der Waals surface area contributed by atoms with Crippen LogP contribution in [0, 0.1) is 6.92 Å². The number of fused-ring (bicyclic) bond motifs is 1. The largest absolute Gasteiger partial charge is 0.333 e. The van der Waals surface area contributed by atoms with E-state index in [-0.39, 0.29) is 12.1 Å². The van der Waals surface area contributed by atoms with Crippen LogP contribution in [0.4, 0.5) is 4.79 Å². The van der Waals surface area contributed by atoms with Crippen LogP contribution >= 0.6 is 0 Å². The summed E-state index contributed by atoms with van der Waals surface area (Å²) >= 11 is 0. The van der Waals surface area contributed by atoms with E-state index >= 15 is 0 Å². The molecular formula is C24H28N6O. The van der Waals surface area contributed by atoms with Gasteiger partial charge < -0.3 is 15.1 Å². The van der Waals surface area contributed by atoms with Crippen LogP contribution in [-0.4, -0.2) is 63.7 Å². The molecule has 0 saturated carbocycles. The molecule has 0 bridgehead atoms. The lowest BCUT2D eigenvalue weighted by Crippen LogP contribution is -2.48. The van der Waals surface area contributed by atoms with Crippen molar-refractivity contribution in [2.24, 2.45) is 0 Å². The minimum atomic E-state index is 0.00457. The van der Waals surface area contributed by atoms with Crippen LogP contribution in [-0.2, 0) is 13.0 Å². The molecule has 1 aromatic carbocycles. The summed E-state index contributed by atoms with van der Waals surface area (Å²) < 4.78 is 0. The number of aryl methyl sites for hydroxylation is 1. The number of H-pyrrole nitrogens is 1. The standard InChI is InChI=1S/C24H28N6O/c1-16-3-5-17(6-4-16)19-13-29(2)15-22(19)26-24(31)30-12-9-21-20(14-30)23(28-27-21)18-7-10-25-11-8-18/h3-8,10-11,19,22H,9,12-15H2,1-2H3,(H,26,31)(H,27,28)/t19-,22?/m0/s1. The zero-order valence-electron chi connectivity index (χ0n) is 18.0. The van der Waals surface area contributed by atoms with Gasteiger partial charge in [0.15, 0.2) is 0 Å². The van der Waals surface area contributed by atoms with Crippen LogP contribution in [0.3, 0.4) is 0 Å². The van der Waals surface area contributed by atoms with Crippen LogP contribution in [0.2, 0.25) is 0 Å². The Hall–Kier alpha value is -3.19. The fourth-order valence-electron chi connectivity index (χ4n) is 4.77. The topological polar surface area (TPSA) is 77.2 Å². The van der Waals surface area contributed by atoms with Crippen LogP contribution in [0.5, 0.6) is 0 Å². The number of nitrogens with zero attached hydrogens (tertiary/aromatic N) is 4. The predicted octanol–water partition coefficient (Wildman–Crippen LogP) is 2.95. The highest BCUT2D eigenvalue weighted by atomic mass is 16.2. The van der Waals surface area contributed by atoms with Gasteiger partial charge in [0, 0.05) is 61.2 Å². The van der Waals surface area contributed by atoms with Gasteiger partial charge in [0.2, 0.25) is 0 Å². The van der Waals surface area contributed by atoms with E-state index in [9.17, 15) is 4.79 Å². The Balaban J connectivity index is 1.31. The van der Waals surface area contributed by atoms with Crippen LogP contribution in [0.15, 0.2) is 48.8 Å². The summed E-state index contributed by atoms with van der Waals surface area (Å²) in [6, 6.07) is 12.7. The number of aromatic amines is 1. The third kappa shape index (κ3) is 3.93. The monoisotopic (exact) mass is 416 g/mol. The first-order valence-electron chi connectivity index (χ1n) is 10.9. The van der Waals surface area contributed by atoms with E-state index < -0.39 is 0 Å². The molecule has 31 heavy (non-hydrogen) atoms. The number of carbonyl (C=O) groups excluding carboxylic acids is 1. The average molecular weight is 417 g/mol. The van der Waals surface area contributed by atoms with Crippen molar-refractivity contribution in [2.75, 3.05) is 26.7 Å². The maximum absolute atomic E-state index is 13.2. The number of likely N-dealkylation sites (N-methyl/N-ethyl adjacent to an activating group) is 1. The summed E-state index contributed by atoms with van der Waals surface area (Å²) in [6.45, 7) is 5.16. The molecule has 0 radical (unpaired) electrons. The first-order valence-corrected chi connectivity index (χ1v) is 10.9. The number of amides is 2. The lowest BCUT2D eigenvalue weighted by molar-refractivity contribution is 0.187. The van der Waals surface area contributed by atoms with Gasteiger partial charge in [0.1, 0.15) is 0 Å². The molecule has 160 valence electrons. The van der Waals surface area contributed by atoms with Crippen LogP contribution in [0.1, 0.15) is 28.3 Å². The van der Waals surface area contributed by atoms with E-state index in [1.165, 1.54) is 11.1 Å². The fourth-order valence-corrected chi connectivity index (χ4v) is 4.77. The number of carbonyl (C=O) groups is 1. The lowest BCUT2D eigenvalue weighted by Gasteiger charge is -2.30. The number of aromatic nitrogens is 3. The zero-order valence-corrected chi connectivity index (χ0v) is 18.0. The molecule has 7 heteroatoms. The summed E-state index contributed by atoms with van der Waals surface area (Å²) in [4.78, 5) is 21.5. The van der Waals surface area contributed by atoms with E-state index in [1.54, 1.807) is 12.4 Å². The number of nitrogens with one attached hydrogen (secondary N) is 2. The molecule has 2 N–H and O–H groups in total. The fraction of sp³-hybridized carbons (Fsp3) is 0.375. The molecule has 1 fully saturated rings. The summed E-state index contributed by atoms with van der Waals surface area (Å²) in [7, 11) is 2.12. The number of hydrogen-bond acceptors (Lipinski definition) is 4. The quantitative estimate of drug-likeness (QED) is 0.688. The second kappa shape index (κ2) is 8.15. The molecule has 5 rings (SSSR count). The molecule has 0 aliphatic carbocycles. The SMILES string of the molecule is Cc1ccc([C@@H]2CN(C)CC2NC(=O)N2CCc3[nH]nc(-c4ccncc4)c3C2)cc1. The van der Waals surface area contributed by atoms with Crippen molar-refractivity contribution in [3.05, 3.63) is 71.2 Å². The highest BCUT2D eigenvalue weighted by Crippen LogP contribution is 2.30. The van der Waals surface area contributed by atoms with Crippen molar-refractivity contribution >= 4 is 6.03 Å². The second-order valence-corrected chi connectivity index (χ2v) is 8.73. The Labute approximate surface area is 182 Å². The molecule has 0 spiro atoms. The number of likely N-dealkylation sites (tertiary alicyclic amines) is 1. The Morgan fingerprint density at radius 2 is 1.90 bits per heavy atom. The predicted molar refractivity (Wildman–Crippen MR) is 120 cm³/mol. The highest BCUT2D eigenvalue weighted by molar-refractivity contribution is 5.76. The van der Waals surface area contributed by atoms with Gasteiger partial charge in [0.25, 0.3) is 0 Å². The van der Waals surface area contributed by atoms with Gasteiger partial charge in [-0.3, -0.25) is 10.1 Å². The first-order chi connectivity index (χ1) is 15.1. The van der Waals surface area contributed by atoms with Gasteiger partial charge in [-0.25, -0.2) is 4.79 Å². The van der Waals surface area contributed by atoms with E-state index in [1.807, 2.05) is 17.0 Å². The number of hydrogen-bond donors (Lipinski definition) is 2. The Bertz CT molecular complexity index is 1060. The first kappa shape index (κ1) is 19.8. The Morgan fingerprint density at radius 1 is 1.13 bits per heavy atom. The zero-order chi connectivity index (χ0) is 21.4. The highest BCUT2D eigenvalue weighted by Gasteiger charge is 2.35. The van der Waals surface area contributed by atoms with Crippen LogP contribution in [0.25, 0.3) is 11.3 Å². The third-order valence-electron chi connectivity index (χ3n) is 6.49. The molecule has 2 amide bonds. The van der Waals surface area contributed by atoms with Gasteiger partial charge >= 0.3 is 6.03 Å². The van der Waals surface area contributed by atoms with Crippen molar-refractivity contribution in [3.63, 3.8) is 0 Å². The molecular weight excluding hydrogens is 388 g/mol. The maximum Gasteiger partial charge on any atom is 0.317 e. The van der Waals surface area contributed by atoms with Gasteiger partial charge in [-0.05, 0) is 31.7 Å². The van der Waals surface area contributed by atoms with Crippen molar-refractivity contribution in [1.82, 2.24) is 30.3 Å². The smallest absolute Gasteiger partial charge is 0.317 e. The maximum atomic E-state index is 13.2. The van der Waals surface area contributed by atoms with Gasteiger partial charge in [-0.1, -0.05) is 29.8 Å². The molecule has 2 atom stereocenters. The van der Waals surface area contributed by atoms with Crippen LogP contribution < -0.4 is 5.32 Å². The van der Waals surface area contributed by atoms with Crippen molar-refractivity contribution < 1.29 is 4.79 Å². The van der Waals surface area contributed by atoms with Gasteiger partial charge in [0.05, 0.1) is 18.3 Å². The molecule has 2 aliphatic rings.